The Balaban J connectivity index is 2.83. The molecule has 1 aromatic rings. The Hall–Kier alpha value is -0.840. The van der Waals surface area contributed by atoms with Crippen molar-refractivity contribution >= 4 is 9.84 Å². The van der Waals surface area contributed by atoms with Crippen molar-refractivity contribution in [3.8, 4) is 0 Å². The standard InChI is InChI=1S/C11H20N2O2S/c1-5-11-9(3)12-13(10(11)4)7-8-16(14,15)6-2/h5-8H2,1-4H3. The van der Waals surface area contributed by atoms with Crippen molar-refractivity contribution in [2.45, 2.75) is 40.7 Å². The summed E-state index contributed by atoms with van der Waals surface area (Å²) in [5, 5.41) is 4.37. The van der Waals surface area contributed by atoms with Gasteiger partial charge in [0.25, 0.3) is 0 Å². The van der Waals surface area contributed by atoms with E-state index in [0.29, 0.717) is 6.54 Å². The van der Waals surface area contributed by atoms with Gasteiger partial charge in [-0.25, -0.2) is 8.42 Å². The fourth-order valence-electron chi connectivity index (χ4n) is 1.83. The summed E-state index contributed by atoms with van der Waals surface area (Å²) in [6, 6.07) is 0. The monoisotopic (exact) mass is 244 g/mol. The molecule has 0 aliphatic heterocycles. The average Bonchev–Trinajstić information content (AvgIpc) is 2.51. The Morgan fingerprint density at radius 3 is 2.31 bits per heavy atom. The van der Waals surface area contributed by atoms with Crippen LogP contribution in [0.2, 0.25) is 0 Å². The lowest BCUT2D eigenvalue weighted by Crippen LogP contribution is -2.16. The zero-order valence-corrected chi connectivity index (χ0v) is 11.3. The minimum absolute atomic E-state index is 0.175. The topological polar surface area (TPSA) is 52.0 Å². The molecule has 0 bridgehead atoms. The molecule has 0 atom stereocenters. The summed E-state index contributed by atoms with van der Waals surface area (Å²) in [5.74, 6) is 0.377. The number of nitrogens with zero attached hydrogens (tertiary/aromatic N) is 2. The number of hydrogen-bond donors (Lipinski definition) is 0. The molecule has 5 heteroatoms. The van der Waals surface area contributed by atoms with Gasteiger partial charge in [0, 0.05) is 11.4 Å². The highest BCUT2D eigenvalue weighted by Gasteiger charge is 2.12. The van der Waals surface area contributed by atoms with Crippen LogP contribution < -0.4 is 0 Å². The molecular weight excluding hydrogens is 224 g/mol. The van der Waals surface area contributed by atoms with Crippen LogP contribution in [-0.2, 0) is 22.8 Å². The lowest BCUT2D eigenvalue weighted by Gasteiger charge is -2.04. The van der Waals surface area contributed by atoms with E-state index in [0.717, 1.165) is 17.8 Å². The van der Waals surface area contributed by atoms with E-state index in [1.165, 1.54) is 5.56 Å². The van der Waals surface area contributed by atoms with Crippen molar-refractivity contribution in [2.75, 3.05) is 11.5 Å². The van der Waals surface area contributed by atoms with Gasteiger partial charge in [0.05, 0.1) is 18.0 Å². The van der Waals surface area contributed by atoms with Crippen molar-refractivity contribution in [3.63, 3.8) is 0 Å². The van der Waals surface area contributed by atoms with Gasteiger partial charge in [-0.3, -0.25) is 4.68 Å². The predicted octanol–water partition coefficient (Wildman–Crippen LogP) is 1.50. The molecule has 0 aliphatic carbocycles. The molecule has 0 saturated carbocycles. The van der Waals surface area contributed by atoms with E-state index in [-0.39, 0.29) is 11.5 Å². The second kappa shape index (κ2) is 4.99. The first-order valence-electron chi connectivity index (χ1n) is 5.64. The predicted molar refractivity (Wildman–Crippen MR) is 65.4 cm³/mol. The third-order valence-corrected chi connectivity index (χ3v) is 4.62. The van der Waals surface area contributed by atoms with E-state index in [1.54, 1.807) is 11.6 Å². The lowest BCUT2D eigenvalue weighted by molar-refractivity contribution is 0.577. The molecule has 4 nitrogen and oxygen atoms in total. The average molecular weight is 244 g/mol. The maximum Gasteiger partial charge on any atom is 0.151 e. The van der Waals surface area contributed by atoms with E-state index >= 15 is 0 Å². The molecule has 0 aromatic carbocycles. The van der Waals surface area contributed by atoms with Gasteiger partial charge < -0.3 is 0 Å². The fourth-order valence-corrected chi connectivity index (χ4v) is 2.57. The Morgan fingerprint density at radius 1 is 1.25 bits per heavy atom. The van der Waals surface area contributed by atoms with E-state index in [2.05, 4.69) is 12.0 Å². The van der Waals surface area contributed by atoms with Crippen molar-refractivity contribution < 1.29 is 8.42 Å². The maximum absolute atomic E-state index is 11.4. The Bertz CT molecular complexity index is 461. The summed E-state index contributed by atoms with van der Waals surface area (Å²) < 4.78 is 24.6. The van der Waals surface area contributed by atoms with Gasteiger partial charge in [-0.2, -0.15) is 5.10 Å². The van der Waals surface area contributed by atoms with Crippen molar-refractivity contribution in [2.24, 2.45) is 0 Å². The number of aryl methyl sites for hydroxylation is 2. The molecule has 0 aliphatic rings. The normalized spacial score (nSPS) is 12.0. The first-order valence-corrected chi connectivity index (χ1v) is 7.46. The van der Waals surface area contributed by atoms with Crippen LogP contribution in [0.1, 0.15) is 30.8 Å². The van der Waals surface area contributed by atoms with E-state index in [1.807, 2.05) is 13.8 Å². The number of sulfone groups is 1. The van der Waals surface area contributed by atoms with Gasteiger partial charge in [0.1, 0.15) is 0 Å². The smallest absolute Gasteiger partial charge is 0.151 e. The Labute approximate surface area is 97.6 Å². The SMILES string of the molecule is CCc1c(C)nn(CCS(=O)(=O)CC)c1C. The molecule has 0 unspecified atom stereocenters. The van der Waals surface area contributed by atoms with Gasteiger partial charge in [-0.05, 0) is 25.8 Å². The largest absolute Gasteiger partial charge is 0.268 e. The maximum atomic E-state index is 11.4. The van der Waals surface area contributed by atoms with Gasteiger partial charge in [-0.1, -0.05) is 13.8 Å². The molecule has 92 valence electrons. The van der Waals surface area contributed by atoms with Crippen LogP contribution in [0.15, 0.2) is 0 Å². The van der Waals surface area contributed by atoms with Gasteiger partial charge in [0.15, 0.2) is 9.84 Å². The van der Waals surface area contributed by atoms with E-state index in [9.17, 15) is 8.42 Å². The van der Waals surface area contributed by atoms with Crippen molar-refractivity contribution in [1.82, 2.24) is 9.78 Å². The Kier molecular flexibility index (Phi) is 4.13. The van der Waals surface area contributed by atoms with Gasteiger partial charge >= 0.3 is 0 Å². The first kappa shape index (κ1) is 13.2. The summed E-state index contributed by atoms with van der Waals surface area (Å²) >= 11 is 0. The highest BCUT2D eigenvalue weighted by molar-refractivity contribution is 7.91. The molecule has 0 fully saturated rings. The molecule has 1 heterocycles. The molecule has 1 rings (SSSR count). The number of aromatic nitrogens is 2. The summed E-state index contributed by atoms with van der Waals surface area (Å²) in [4.78, 5) is 0. The minimum atomic E-state index is -2.91. The molecule has 1 aromatic heterocycles. The second-order valence-electron chi connectivity index (χ2n) is 3.96. The highest BCUT2D eigenvalue weighted by Crippen LogP contribution is 2.13. The number of rotatable bonds is 5. The zero-order valence-electron chi connectivity index (χ0n) is 10.4. The summed E-state index contributed by atoms with van der Waals surface area (Å²) in [6.45, 7) is 8.19. The first-order chi connectivity index (χ1) is 7.41. The third kappa shape index (κ3) is 2.84. The van der Waals surface area contributed by atoms with Crippen molar-refractivity contribution in [3.05, 3.63) is 17.0 Å². The van der Waals surface area contributed by atoms with E-state index < -0.39 is 9.84 Å². The highest BCUT2D eigenvalue weighted by atomic mass is 32.2. The number of hydrogen-bond acceptors (Lipinski definition) is 3. The molecule has 0 spiro atoms. The molecule has 0 amide bonds. The van der Waals surface area contributed by atoms with Crippen LogP contribution >= 0.6 is 0 Å². The molecule has 0 radical (unpaired) electrons. The molecule has 16 heavy (non-hydrogen) atoms. The fraction of sp³-hybridized carbons (Fsp3) is 0.727. The van der Waals surface area contributed by atoms with Crippen LogP contribution in [0.25, 0.3) is 0 Å². The van der Waals surface area contributed by atoms with E-state index in [4.69, 9.17) is 0 Å². The minimum Gasteiger partial charge on any atom is -0.268 e. The lowest BCUT2D eigenvalue weighted by atomic mass is 10.1. The van der Waals surface area contributed by atoms with Crippen LogP contribution in [0.3, 0.4) is 0 Å². The molecule has 0 N–H and O–H groups in total. The van der Waals surface area contributed by atoms with Crippen LogP contribution in [0.5, 0.6) is 0 Å². The summed E-state index contributed by atoms with van der Waals surface area (Å²) in [5.41, 5.74) is 3.33. The van der Waals surface area contributed by atoms with Gasteiger partial charge in [0.2, 0.25) is 0 Å². The quantitative estimate of drug-likeness (QED) is 0.788. The summed E-state index contributed by atoms with van der Waals surface area (Å²) in [6.07, 6.45) is 0.943. The summed E-state index contributed by atoms with van der Waals surface area (Å²) in [7, 11) is -2.91. The Morgan fingerprint density at radius 2 is 1.88 bits per heavy atom. The van der Waals surface area contributed by atoms with Crippen molar-refractivity contribution in [1.29, 1.82) is 0 Å². The second-order valence-corrected chi connectivity index (χ2v) is 6.44. The van der Waals surface area contributed by atoms with Crippen LogP contribution in [0, 0.1) is 13.8 Å². The zero-order chi connectivity index (χ0) is 12.3. The van der Waals surface area contributed by atoms with Crippen LogP contribution in [0.4, 0.5) is 0 Å². The third-order valence-electron chi connectivity index (χ3n) is 2.94. The van der Waals surface area contributed by atoms with Gasteiger partial charge in [-0.15, -0.1) is 0 Å². The van der Waals surface area contributed by atoms with Crippen LogP contribution in [-0.4, -0.2) is 29.7 Å². The molecule has 0 saturated heterocycles. The molecular formula is C11H20N2O2S.